The number of benzene rings is 16. The minimum absolute atomic E-state index is 0.906. The quantitative estimate of drug-likeness (QED) is 0.149. The van der Waals surface area contributed by atoms with Gasteiger partial charge in [0.2, 0.25) is 0 Å². The summed E-state index contributed by atoms with van der Waals surface area (Å²) in [5.41, 5.74) is 83.9. The second-order valence-corrected chi connectivity index (χ2v) is 41.4. The zero-order chi connectivity index (χ0) is 90.7. The first-order valence-corrected chi connectivity index (χ1v) is 50.3. The van der Waals surface area contributed by atoms with Gasteiger partial charge in [0.15, 0.2) is 0 Å². The van der Waals surface area contributed by atoms with Crippen LogP contribution in [0.15, 0.2) is 340 Å². The third-order valence-corrected chi connectivity index (χ3v) is 34.3. The average Bonchev–Trinajstić information content (AvgIpc) is 1.41. The van der Waals surface area contributed by atoms with Gasteiger partial charge in [-0.1, -0.05) is 273 Å². The Morgan fingerprint density at radius 1 is 0.157 bits per heavy atom. The molecule has 0 saturated heterocycles. The molecule has 0 fully saturated rings. The van der Waals surface area contributed by atoms with Crippen LogP contribution < -0.4 is 19.6 Å². The predicted octanol–water partition coefficient (Wildman–Crippen LogP) is 30.0. The number of rotatable bonds is 0. The van der Waals surface area contributed by atoms with Crippen molar-refractivity contribution in [3.63, 3.8) is 0 Å². The van der Waals surface area contributed by atoms with Crippen molar-refractivity contribution in [1.82, 2.24) is 19.9 Å². The highest BCUT2D eigenvalue weighted by atomic mass is 15.2. The molecule has 16 aliphatic rings. The van der Waals surface area contributed by atoms with E-state index in [9.17, 15) is 0 Å². The lowest BCUT2D eigenvalue weighted by atomic mass is 9.81. The fourth-order valence-electron chi connectivity index (χ4n) is 28.8. The highest BCUT2D eigenvalue weighted by Crippen LogP contribution is 2.65. The maximum atomic E-state index is 4.98. The molecule has 0 amide bonds. The second-order valence-electron chi connectivity index (χ2n) is 41.4. The van der Waals surface area contributed by atoms with Crippen LogP contribution in [-0.4, -0.2) is 19.9 Å². The van der Waals surface area contributed by atoms with Crippen molar-refractivity contribution < 1.29 is 0 Å². The van der Waals surface area contributed by atoms with Crippen LogP contribution in [0.3, 0.4) is 0 Å². The molecule has 20 aromatic rings. The number of nitrogens with zero attached hydrogens (tertiary/aromatic N) is 8. The van der Waals surface area contributed by atoms with E-state index in [0.717, 1.165) is 109 Å². The zero-order valence-corrected chi connectivity index (χ0v) is 77.2. The number of anilines is 12. The molecule has 16 aromatic carbocycles. The summed E-state index contributed by atoms with van der Waals surface area (Å²) in [7, 11) is 0. The molecule has 0 bridgehead atoms. The largest absolute Gasteiger partial charge is 0.309 e. The molecule has 656 valence electrons. The minimum Gasteiger partial charge on any atom is -0.309 e. The van der Waals surface area contributed by atoms with Gasteiger partial charge in [0, 0.05) is 108 Å². The lowest BCUT2D eigenvalue weighted by Gasteiger charge is -2.41. The highest BCUT2D eigenvalue weighted by molar-refractivity contribution is 6.05. The van der Waals surface area contributed by atoms with Gasteiger partial charge in [-0.2, -0.15) is 0 Å². The van der Waals surface area contributed by atoms with Gasteiger partial charge in [-0.25, -0.2) is 4.98 Å². The predicted molar refractivity (Wildman–Crippen MR) is 564 cm³/mol. The maximum Gasteiger partial charge on any atom is 0.141 e. The number of fused-ring (bicyclic) bond motifs is 48. The molecule has 0 N–H and O–H groups in total. The van der Waals surface area contributed by atoms with Crippen molar-refractivity contribution in [2.75, 3.05) is 19.6 Å². The van der Waals surface area contributed by atoms with Crippen molar-refractivity contribution in [3.8, 4) is 89.0 Å². The monoisotopic (exact) mass is 1780 g/mol. The molecule has 0 saturated carbocycles. The number of pyridine rings is 4. The number of aromatic nitrogens is 4. The first kappa shape index (κ1) is 76.5. The van der Waals surface area contributed by atoms with E-state index in [2.05, 4.69) is 345 Å². The highest BCUT2D eigenvalue weighted by Gasteiger charge is 2.46. The van der Waals surface area contributed by atoms with Gasteiger partial charge >= 0.3 is 0 Å². The summed E-state index contributed by atoms with van der Waals surface area (Å²) < 4.78 is 0. The molecule has 12 heterocycles. The van der Waals surface area contributed by atoms with E-state index in [1.165, 1.54) is 330 Å². The smallest absolute Gasteiger partial charge is 0.141 e. The van der Waals surface area contributed by atoms with Gasteiger partial charge in [0.25, 0.3) is 0 Å². The Balaban J connectivity index is 0.0000000829. The molecular formula is C132H88N8. The third kappa shape index (κ3) is 10.6. The van der Waals surface area contributed by atoms with Crippen LogP contribution >= 0.6 is 0 Å². The second kappa shape index (κ2) is 28.5. The van der Waals surface area contributed by atoms with Crippen LogP contribution in [0.1, 0.15) is 178 Å². The number of hydrogen-bond acceptors (Lipinski definition) is 8. The van der Waals surface area contributed by atoms with Crippen LogP contribution in [0.25, 0.3) is 89.0 Å². The van der Waals surface area contributed by atoms with Crippen molar-refractivity contribution >= 4 is 68.4 Å². The van der Waals surface area contributed by atoms with Crippen molar-refractivity contribution in [2.24, 2.45) is 0 Å². The fourth-order valence-corrected chi connectivity index (χ4v) is 28.8. The van der Waals surface area contributed by atoms with Gasteiger partial charge in [-0.05, 0) is 317 Å². The minimum atomic E-state index is 0.906. The van der Waals surface area contributed by atoms with E-state index >= 15 is 0 Å². The van der Waals surface area contributed by atoms with Gasteiger partial charge in [-0.15, -0.1) is 0 Å². The van der Waals surface area contributed by atoms with Crippen LogP contribution in [-0.2, 0) is 103 Å². The molecule has 8 heteroatoms. The molecular weight excluding hydrogens is 1700 g/mol. The summed E-state index contributed by atoms with van der Waals surface area (Å²) in [5, 5.41) is 0. The van der Waals surface area contributed by atoms with E-state index in [1.54, 1.807) is 0 Å². The number of hydrogen-bond donors (Lipinski definition) is 0. The molecule has 140 heavy (non-hydrogen) atoms. The third-order valence-electron chi connectivity index (χ3n) is 34.3. The Bertz CT molecular complexity index is 8090. The topological polar surface area (TPSA) is 64.5 Å². The SMILES string of the molecule is c1ccc2c(c1)Cc1c-2ccc2c1N1c3cccnc3Cc3cc4c(c(c31)C2)-c1ccccc1C4.c1ccc2c(c1)Cc1c-2ccc2c1N1c3ccncc3Cc3cc4c(c(c31)C2)-c1ccccc1C4.c1ccc2c(c1)Cc1c-2ccc2c1N1c3cnccc3Cc3cc4c(c(c31)C2)-c1ccccc1C4.c1ccc2c(c1)Cc1c-2ccc2c1N1c3ncccc3Cc3cc4c(c(c31)C2)-c1ccccc1C4. The molecule has 8 nitrogen and oxygen atoms in total. The molecule has 4 aromatic heterocycles. The van der Waals surface area contributed by atoms with Gasteiger partial charge in [0.1, 0.15) is 5.82 Å². The molecule has 0 spiro atoms. The van der Waals surface area contributed by atoms with Crippen LogP contribution in [0.2, 0.25) is 0 Å². The van der Waals surface area contributed by atoms with Crippen molar-refractivity contribution in [2.45, 2.75) is 103 Å². The maximum absolute atomic E-state index is 4.98. The Morgan fingerprint density at radius 3 is 0.871 bits per heavy atom. The van der Waals surface area contributed by atoms with Gasteiger partial charge in [0.05, 0.1) is 74.5 Å². The van der Waals surface area contributed by atoms with Gasteiger partial charge in [-0.3, -0.25) is 19.9 Å². The van der Waals surface area contributed by atoms with Crippen molar-refractivity contribution in [3.05, 3.63) is 519 Å². The Hall–Kier alpha value is -16.7. The summed E-state index contributed by atoms with van der Waals surface area (Å²) in [6.07, 6.45) is 27.9. The van der Waals surface area contributed by atoms with Crippen LogP contribution in [0.4, 0.5) is 68.4 Å². The fraction of sp³-hybridized carbons (Fsp3) is 0.121. The van der Waals surface area contributed by atoms with Crippen molar-refractivity contribution in [1.29, 1.82) is 0 Å². The summed E-state index contributed by atoms with van der Waals surface area (Å²) in [6.45, 7) is 0. The molecule has 8 aliphatic heterocycles. The zero-order valence-electron chi connectivity index (χ0n) is 77.2. The molecule has 36 rings (SSSR count). The normalized spacial score (nSPS) is 14.9. The lowest BCUT2D eigenvalue weighted by Crippen LogP contribution is -2.27. The van der Waals surface area contributed by atoms with E-state index in [4.69, 9.17) is 9.97 Å². The van der Waals surface area contributed by atoms with Gasteiger partial charge < -0.3 is 14.7 Å². The van der Waals surface area contributed by atoms with E-state index < -0.39 is 0 Å². The van der Waals surface area contributed by atoms with E-state index in [-0.39, 0.29) is 0 Å². The summed E-state index contributed by atoms with van der Waals surface area (Å²) in [6, 6.07) is 114. The average molecular weight is 1790 g/mol. The van der Waals surface area contributed by atoms with E-state index in [0.29, 0.717) is 0 Å². The first-order chi connectivity index (χ1) is 69.4. The van der Waals surface area contributed by atoms with Crippen LogP contribution in [0.5, 0.6) is 0 Å². The standard InChI is InChI=1S/4C33H22N2/c1-3-9-25-20(7-1)17-28-27(25)12-11-21-18-29-30-23(14-19-6-2-4-10-26(19)30)16-24-15-22-8-5-13-34-33(22)35(31(21)28)32(24)29;1-3-8-24-20(7-1)16-27-26(24)12-11-21-17-28-31-22(14-19-6-2-4-9-25(19)31)15-23-18-29-30(10-5-13-34-29)35(32(21)27)33(23)28;1-3-7-25-20(6-1)16-28-27(25)10-9-22-17-29-31-23(13-19-5-2-4-8-26(19)31)15-24-14-21-11-12-34-18-30(21)35(32(22)28)33(24)29;1-3-7-25-20(6-1)16-28-27(25)10-9-21-17-29-31-22(13-19-5-2-4-8-26(19)31)14-23-15-24-18-34-12-11-30(24)35(32(21)28)33(23)29/h1-13,16H,14-15,17-18H2;1-13,15H,14,16-18H2;1-12,15,18H,13-14,16-17H2;1-12,14,18H,13,15-17H2. The first-order valence-electron chi connectivity index (χ1n) is 50.3. The Morgan fingerprint density at radius 2 is 0.450 bits per heavy atom. The molecule has 0 atom stereocenters. The lowest BCUT2D eigenvalue weighted by molar-refractivity contribution is 0.961. The molecule has 8 aliphatic carbocycles. The Labute approximate surface area is 812 Å². The van der Waals surface area contributed by atoms with Crippen LogP contribution in [0, 0.1) is 0 Å². The summed E-state index contributed by atoms with van der Waals surface area (Å²) >= 11 is 0. The summed E-state index contributed by atoms with van der Waals surface area (Å²) in [5.74, 6) is 1.11. The molecule has 0 radical (unpaired) electrons. The summed E-state index contributed by atoms with van der Waals surface area (Å²) in [4.78, 5) is 29.3. The molecule has 0 unspecified atom stereocenters. The Kier molecular flexibility index (Phi) is 15.6. The van der Waals surface area contributed by atoms with E-state index in [1.807, 2.05) is 24.8 Å².